The molecule has 1 unspecified atom stereocenters. The van der Waals surface area contributed by atoms with Gasteiger partial charge in [-0.15, -0.1) is 0 Å². The Morgan fingerprint density at radius 1 is 1.65 bits per heavy atom. The smallest absolute Gasteiger partial charge is 0.326 e. The maximum atomic E-state index is 13.4. The number of carboxylic acids is 1. The number of hydrogen-bond donors (Lipinski definition) is 2. The largest absolute Gasteiger partial charge is 0.480 e. The fourth-order valence-electron chi connectivity index (χ4n) is 1.38. The van der Waals surface area contributed by atoms with Crippen LogP contribution in [0, 0.1) is 11.7 Å². The molecule has 1 heterocycles. The van der Waals surface area contributed by atoms with Crippen molar-refractivity contribution < 1.29 is 14.3 Å². The highest BCUT2D eigenvalue weighted by Gasteiger charge is 2.20. The van der Waals surface area contributed by atoms with E-state index < -0.39 is 17.8 Å². The van der Waals surface area contributed by atoms with Crippen molar-refractivity contribution in [2.75, 3.05) is 5.32 Å². The first kappa shape index (κ1) is 13.7. The van der Waals surface area contributed by atoms with Gasteiger partial charge in [-0.25, -0.2) is 14.2 Å². The van der Waals surface area contributed by atoms with Crippen molar-refractivity contribution in [3.05, 3.63) is 23.1 Å². The number of pyridine rings is 1. The summed E-state index contributed by atoms with van der Waals surface area (Å²) in [5.41, 5.74) is 0. The quantitative estimate of drug-likeness (QED) is 0.855. The molecular formula is C11H14ClFN2O2. The number of rotatable bonds is 5. The zero-order valence-electron chi connectivity index (χ0n) is 9.58. The van der Waals surface area contributed by atoms with Crippen LogP contribution in [0.5, 0.6) is 0 Å². The first-order chi connectivity index (χ1) is 7.90. The minimum Gasteiger partial charge on any atom is -0.480 e. The minimum atomic E-state index is -1.03. The van der Waals surface area contributed by atoms with Crippen LogP contribution in [0.25, 0.3) is 0 Å². The summed E-state index contributed by atoms with van der Waals surface area (Å²) in [7, 11) is 0. The lowest BCUT2D eigenvalue weighted by Gasteiger charge is -2.17. The second kappa shape index (κ2) is 5.82. The number of carbonyl (C=O) groups is 1. The van der Waals surface area contributed by atoms with E-state index in [2.05, 4.69) is 10.3 Å². The Balaban J connectivity index is 2.82. The van der Waals surface area contributed by atoms with Crippen molar-refractivity contribution in [3.8, 4) is 0 Å². The number of anilines is 1. The van der Waals surface area contributed by atoms with Gasteiger partial charge < -0.3 is 10.4 Å². The highest BCUT2D eigenvalue weighted by molar-refractivity contribution is 6.30. The number of aromatic nitrogens is 1. The number of carboxylic acid groups (broad SMARTS) is 1. The van der Waals surface area contributed by atoms with Crippen LogP contribution in [0.4, 0.5) is 10.2 Å². The average Bonchev–Trinajstić information content (AvgIpc) is 2.19. The summed E-state index contributed by atoms with van der Waals surface area (Å²) in [6.07, 6.45) is 1.65. The Labute approximate surface area is 104 Å². The fourth-order valence-corrected chi connectivity index (χ4v) is 1.52. The lowest BCUT2D eigenvalue weighted by atomic mass is 10.0. The van der Waals surface area contributed by atoms with Gasteiger partial charge in [0.2, 0.25) is 0 Å². The Morgan fingerprint density at radius 2 is 2.29 bits per heavy atom. The third kappa shape index (κ3) is 4.19. The van der Waals surface area contributed by atoms with E-state index in [1.807, 2.05) is 13.8 Å². The van der Waals surface area contributed by atoms with E-state index in [0.29, 0.717) is 6.42 Å². The van der Waals surface area contributed by atoms with Crippen molar-refractivity contribution in [3.63, 3.8) is 0 Å². The summed E-state index contributed by atoms with van der Waals surface area (Å²) < 4.78 is 13.4. The molecule has 0 saturated heterocycles. The highest BCUT2D eigenvalue weighted by atomic mass is 35.5. The van der Waals surface area contributed by atoms with E-state index in [1.54, 1.807) is 0 Å². The van der Waals surface area contributed by atoms with Crippen LogP contribution in [0.3, 0.4) is 0 Å². The number of nitrogens with zero attached hydrogens (tertiary/aromatic N) is 1. The van der Waals surface area contributed by atoms with Crippen molar-refractivity contribution >= 4 is 23.4 Å². The molecule has 0 amide bonds. The second-order valence-electron chi connectivity index (χ2n) is 4.15. The van der Waals surface area contributed by atoms with Gasteiger partial charge in [0.05, 0.1) is 5.02 Å². The number of hydrogen-bond acceptors (Lipinski definition) is 3. The summed E-state index contributed by atoms with van der Waals surface area (Å²) in [5, 5.41) is 11.7. The predicted octanol–water partition coefficient (Wildman–Crippen LogP) is 2.79. The molecule has 6 heteroatoms. The molecule has 0 radical (unpaired) electrons. The van der Waals surface area contributed by atoms with Crippen molar-refractivity contribution in [2.24, 2.45) is 5.92 Å². The fraction of sp³-hybridized carbons (Fsp3) is 0.455. The third-order valence-electron chi connectivity index (χ3n) is 2.12. The Hall–Kier alpha value is -1.36. The first-order valence-electron chi connectivity index (χ1n) is 5.20. The van der Waals surface area contributed by atoms with Crippen molar-refractivity contribution in [1.82, 2.24) is 4.98 Å². The predicted molar refractivity (Wildman–Crippen MR) is 63.7 cm³/mol. The zero-order chi connectivity index (χ0) is 13.0. The number of halogens is 2. The summed E-state index contributed by atoms with van der Waals surface area (Å²) in [5.74, 6) is -1.61. The van der Waals surface area contributed by atoms with E-state index in [-0.39, 0.29) is 16.8 Å². The second-order valence-corrected chi connectivity index (χ2v) is 4.59. The van der Waals surface area contributed by atoms with Gasteiger partial charge in [0.1, 0.15) is 6.04 Å². The van der Waals surface area contributed by atoms with E-state index in [1.165, 1.54) is 6.20 Å². The topological polar surface area (TPSA) is 62.2 Å². The summed E-state index contributed by atoms with van der Waals surface area (Å²) in [4.78, 5) is 14.7. The molecule has 1 aromatic rings. The molecule has 0 bridgehead atoms. The van der Waals surface area contributed by atoms with Gasteiger partial charge in [-0.3, -0.25) is 0 Å². The molecule has 1 atom stereocenters. The Morgan fingerprint density at radius 3 is 2.76 bits per heavy atom. The van der Waals surface area contributed by atoms with Gasteiger partial charge in [0, 0.05) is 6.20 Å². The van der Waals surface area contributed by atoms with E-state index in [4.69, 9.17) is 16.7 Å². The molecule has 94 valence electrons. The van der Waals surface area contributed by atoms with Gasteiger partial charge in [-0.1, -0.05) is 25.4 Å². The highest BCUT2D eigenvalue weighted by Crippen LogP contribution is 2.18. The van der Waals surface area contributed by atoms with Crippen LogP contribution in [0.15, 0.2) is 12.3 Å². The first-order valence-corrected chi connectivity index (χ1v) is 5.58. The van der Waals surface area contributed by atoms with Crippen molar-refractivity contribution in [2.45, 2.75) is 26.3 Å². The average molecular weight is 261 g/mol. The van der Waals surface area contributed by atoms with Gasteiger partial charge in [-0.05, 0) is 18.4 Å². The van der Waals surface area contributed by atoms with Crippen LogP contribution in [0.1, 0.15) is 20.3 Å². The van der Waals surface area contributed by atoms with Gasteiger partial charge >= 0.3 is 5.97 Å². The molecular weight excluding hydrogens is 247 g/mol. The lowest BCUT2D eigenvalue weighted by molar-refractivity contribution is -0.138. The molecule has 1 aromatic heterocycles. The molecule has 0 saturated carbocycles. The molecule has 0 aliphatic carbocycles. The van der Waals surface area contributed by atoms with Gasteiger partial charge in [-0.2, -0.15) is 0 Å². The van der Waals surface area contributed by atoms with E-state index in [0.717, 1.165) is 6.07 Å². The molecule has 0 aliphatic rings. The standard InChI is InChI=1S/C11H14ClFN2O2/c1-6(2)3-9(11(16)17)15-10-8(13)4-7(12)5-14-10/h4-6,9H,3H2,1-2H3,(H,14,15)(H,16,17). The van der Waals surface area contributed by atoms with E-state index in [9.17, 15) is 9.18 Å². The maximum absolute atomic E-state index is 13.4. The van der Waals surface area contributed by atoms with Crippen LogP contribution in [-0.4, -0.2) is 22.1 Å². The monoisotopic (exact) mass is 260 g/mol. The van der Waals surface area contributed by atoms with E-state index >= 15 is 0 Å². The molecule has 0 spiro atoms. The van der Waals surface area contributed by atoms with Crippen LogP contribution < -0.4 is 5.32 Å². The lowest BCUT2D eigenvalue weighted by Crippen LogP contribution is -2.31. The van der Waals surface area contributed by atoms with Crippen LogP contribution in [0.2, 0.25) is 5.02 Å². The minimum absolute atomic E-state index is 0.0950. The molecule has 4 nitrogen and oxygen atoms in total. The zero-order valence-corrected chi connectivity index (χ0v) is 10.3. The molecule has 17 heavy (non-hydrogen) atoms. The number of aliphatic carboxylic acids is 1. The van der Waals surface area contributed by atoms with Crippen LogP contribution in [-0.2, 0) is 4.79 Å². The normalized spacial score (nSPS) is 12.5. The van der Waals surface area contributed by atoms with Crippen LogP contribution >= 0.6 is 11.6 Å². The molecule has 2 N–H and O–H groups in total. The number of nitrogens with one attached hydrogen (secondary N) is 1. The molecule has 0 aliphatic heterocycles. The Kier molecular flexibility index (Phi) is 4.69. The molecule has 0 fully saturated rings. The summed E-state index contributed by atoms with van der Waals surface area (Å²) in [6.45, 7) is 3.78. The molecule has 1 rings (SSSR count). The van der Waals surface area contributed by atoms with Gasteiger partial charge in [0.25, 0.3) is 0 Å². The third-order valence-corrected chi connectivity index (χ3v) is 2.33. The SMILES string of the molecule is CC(C)CC(Nc1ncc(Cl)cc1F)C(=O)O. The maximum Gasteiger partial charge on any atom is 0.326 e. The van der Waals surface area contributed by atoms with Gasteiger partial charge in [0.15, 0.2) is 11.6 Å². The Bertz CT molecular complexity index is 412. The van der Waals surface area contributed by atoms with Crippen molar-refractivity contribution in [1.29, 1.82) is 0 Å². The molecule has 0 aromatic carbocycles. The summed E-state index contributed by atoms with van der Waals surface area (Å²) >= 11 is 5.55. The summed E-state index contributed by atoms with van der Waals surface area (Å²) in [6, 6.07) is 0.226.